The van der Waals surface area contributed by atoms with Crippen LogP contribution in [0.15, 0.2) is 24.3 Å². The van der Waals surface area contributed by atoms with Crippen molar-refractivity contribution >= 4 is 5.91 Å². The number of aryl methyl sites for hydroxylation is 2. The maximum atomic E-state index is 11.8. The zero-order valence-electron chi connectivity index (χ0n) is 10.9. The Morgan fingerprint density at radius 2 is 2.17 bits per heavy atom. The van der Waals surface area contributed by atoms with Gasteiger partial charge in [-0.05, 0) is 31.7 Å². The minimum atomic E-state index is 0.156. The molecule has 3 heteroatoms. The van der Waals surface area contributed by atoms with Crippen LogP contribution in [0.4, 0.5) is 0 Å². The number of nitrogens with one attached hydrogen (secondary N) is 1. The summed E-state index contributed by atoms with van der Waals surface area (Å²) in [6, 6.07) is 8.65. The highest BCUT2D eigenvalue weighted by Crippen LogP contribution is 2.09. The van der Waals surface area contributed by atoms with Gasteiger partial charge in [0.05, 0.1) is 0 Å². The van der Waals surface area contributed by atoms with Crippen molar-refractivity contribution in [2.24, 2.45) is 0 Å². The Balaban J connectivity index is 1.74. The second-order valence-corrected chi connectivity index (χ2v) is 4.94. The Morgan fingerprint density at radius 3 is 2.89 bits per heavy atom. The lowest BCUT2D eigenvalue weighted by atomic mass is 10.1. The summed E-state index contributed by atoms with van der Waals surface area (Å²) in [5.74, 6) is 0.156. The molecule has 1 heterocycles. The van der Waals surface area contributed by atoms with Crippen LogP contribution in [0.1, 0.15) is 30.4 Å². The van der Waals surface area contributed by atoms with Gasteiger partial charge < -0.3 is 10.1 Å². The molecule has 1 aromatic carbocycles. The molecular formula is C15H21NO2. The van der Waals surface area contributed by atoms with E-state index in [9.17, 15) is 4.79 Å². The Kier molecular flexibility index (Phi) is 4.76. The number of amides is 1. The molecule has 0 bridgehead atoms. The Bertz CT molecular complexity index is 397. The number of hydrogen-bond acceptors (Lipinski definition) is 2. The van der Waals surface area contributed by atoms with E-state index in [0.717, 1.165) is 32.5 Å². The number of hydrogen-bond donors (Lipinski definition) is 1. The van der Waals surface area contributed by atoms with Crippen molar-refractivity contribution < 1.29 is 9.53 Å². The number of carbonyl (C=O) groups is 1. The number of benzene rings is 1. The number of ether oxygens (including phenoxy) is 1. The summed E-state index contributed by atoms with van der Waals surface area (Å²) in [4.78, 5) is 11.8. The maximum absolute atomic E-state index is 11.8. The van der Waals surface area contributed by atoms with E-state index in [-0.39, 0.29) is 5.91 Å². The van der Waals surface area contributed by atoms with Crippen LogP contribution in [-0.4, -0.2) is 25.2 Å². The lowest BCUT2D eigenvalue weighted by Crippen LogP contribution is -2.38. The van der Waals surface area contributed by atoms with Gasteiger partial charge in [0.15, 0.2) is 0 Å². The molecule has 0 unspecified atom stereocenters. The predicted molar refractivity (Wildman–Crippen MR) is 71.5 cm³/mol. The van der Waals surface area contributed by atoms with Gasteiger partial charge >= 0.3 is 0 Å². The van der Waals surface area contributed by atoms with Gasteiger partial charge in [-0.3, -0.25) is 4.79 Å². The number of carbonyl (C=O) groups excluding carboxylic acids is 1. The second-order valence-electron chi connectivity index (χ2n) is 4.94. The standard InChI is InChI=1S/C15H21NO2/c1-12-3-2-4-13(11-12)5-6-15(17)16-14-7-9-18-10-8-14/h2-4,11,14H,5-10H2,1H3,(H,16,17). The molecule has 0 radical (unpaired) electrons. The number of rotatable bonds is 4. The van der Waals surface area contributed by atoms with Crippen LogP contribution >= 0.6 is 0 Å². The lowest BCUT2D eigenvalue weighted by Gasteiger charge is -2.23. The highest BCUT2D eigenvalue weighted by atomic mass is 16.5. The Labute approximate surface area is 109 Å². The Morgan fingerprint density at radius 1 is 1.39 bits per heavy atom. The summed E-state index contributed by atoms with van der Waals surface area (Å²) >= 11 is 0. The molecule has 18 heavy (non-hydrogen) atoms. The molecule has 1 aliphatic heterocycles. The molecule has 2 rings (SSSR count). The first kappa shape index (κ1) is 13.1. The van der Waals surface area contributed by atoms with Crippen molar-refractivity contribution in [3.8, 4) is 0 Å². The quantitative estimate of drug-likeness (QED) is 0.886. The smallest absolute Gasteiger partial charge is 0.220 e. The van der Waals surface area contributed by atoms with Crippen LogP contribution in [0.5, 0.6) is 0 Å². The summed E-state index contributed by atoms with van der Waals surface area (Å²) in [5, 5.41) is 3.08. The highest BCUT2D eigenvalue weighted by molar-refractivity contribution is 5.76. The summed E-state index contributed by atoms with van der Waals surface area (Å²) < 4.78 is 5.27. The average molecular weight is 247 g/mol. The maximum Gasteiger partial charge on any atom is 0.220 e. The molecule has 0 atom stereocenters. The molecule has 1 aromatic rings. The van der Waals surface area contributed by atoms with Crippen molar-refractivity contribution in [1.29, 1.82) is 0 Å². The zero-order chi connectivity index (χ0) is 12.8. The van der Waals surface area contributed by atoms with E-state index in [0.29, 0.717) is 12.5 Å². The fraction of sp³-hybridized carbons (Fsp3) is 0.533. The average Bonchev–Trinajstić information content (AvgIpc) is 2.38. The SMILES string of the molecule is Cc1cccc(CCC(=O)NC2CCOCC2)c1. The molecule has 1 aliphatic rings. The van der Waals surface area contributed by atoms with E-state index in [4.69, 9.17) is 4.74 Å². The van der Waals surface area contributed by atoms with Crippen molar-refractivity contribution in [2.75, 3.05) is 13.2 Å². The van der Waals surface area contributed by atoms with Crippen molar-refractivity contribution in [3.63, 3.8) is 0 Å². The molecule has 0 saturated carbocycles. The second kappa shape index (κ2) is 6.55. The van der Waals surface area contributed by atoms with Crippen molar-refractivity contribution in [1.82, 2.24) is 5.32 Å². The lowest BCUT2D eigenvalue weighted by molar-refractivity contribution is -0.122. The van der Waals surface area contributed by atoms with Gasteiger partial charge in [-0.2, -0.15) is 0 Å². The summed E-state index contributed by atoms with van der Waals surface area (Å²) in [6.45, 7) is 3.61. The van der Waals surface area contributed by atoms with Gasteiger partial charge in [0, 0.05) is 25.7 Å². The summed E-state index contributed by atoms with van der Waals surface area (Å²) in [5.41, 5.74) is 2.48. The fourth-order valence-corrected chi connectivity index (χ4v) is 2.27. The third-order valence-corrected chi connectivity index (χ3v) is 3.31. The Hall–Kier alpha value is -1.35. The van der Waals surface area contributed by atoms with Gasteiger partial charge in [0.2, 0.25) is 5.91 Å². The molecule has 1 fully saturated rings. The van der Waals surface area contributed by atoms with Crippen LogP contribution in [0.3, 0.4) is 0 Å². The van der Waals surface area contributed by atoms with E-state index >= 15 is 0 Å². The first-order valence-corrected chi connectivity index (χ1v) is 6.67. The van der Waals surface area contributed by atoms with Gasteiger partial charge in [-0.15, -0.1) is 0 Å². The minimum absolute atomic E-state index is 0.156. The van der Waals surface area contributed by atoms with Gasteiger partial charge in [-0.25, -0.2) is 0 Å². The van der Waals surface area contributed by atoms with E-state index in [1.807, 2.05) is 6.07 Å². The monoisotopic (exact) mass is 247 g/mol. The van der Waals surface area contributed by atoms with Crippen molar-refractivity contribution in [2.45, 2.75) is 38.6 Å². The molecular weight excluding hydrogens is 226 g/mol. The normalized spacial score (nSPS) is 16.5. The van der Waals surface area contributed by atoms with Gasteiger partial charge in [0.1, 0.15) is 0 Å². The third-order valence-electron chi connectivity index (χ3n) is 3.31. The molecule has 3 nitrogen and oxygen atoms in total. The van der Waals surface area contributed by atoms with E-state index in [2.05, 4.69) is 30.4 Å². The molecule has 0 aromatic heterocycles. The predicted octanol–water partition coefficient (Wildman–Crippen LogP) is 2.22. The molecule has 0 aliphatic carbocycles. The van der Waals surface area contributed by atoms with Crippen molar-refractivity contribution in [3.05, 3.63) is 35.4 Å². The summed E-state index contributed by atoms with van der Waals surface area (Å²) in [6.07, 6.45) is 3.27. The van der Waals surface area contributed by atoms with Crippen LogP contribution in [-0.2, 0) is 16.0 Å². The van der Waals surface area contributed by atoms with E-state index in [1.165, 1.54) is 11.1 Å². The molecule has 1 saturated heterocycles. The van der Waals surface area contributed by atoms with Crippen LogP contribution in [0, 0.1) is 6.92 Å². The van der Waals surface area contributed by atoms with Gasteiger partial charge in [0.25, 0.3) is 0 Å². The molecule has 0 spiro atoms. The topological polar surface area (TPSA) is 38.3 Å². The van der Waals surface area contributed by atoms with Crippen LogP contribution < -0.4 is 5.32 Å². The molecule has 1 amide bonds. The van der Waals surface area contributed by atoms with E-state index in [1.54, 1.807) is 0 Å². The van der Waals surface area contributed by atoms with Crippen LogP contribution in [0.2, 0.25) is 0 Å². The van der Waals surface area contributed by atoms with E-state index < -0.39 is 0 Å². The summed E-state index contributed by atoms with van der Waals surface area (Å²) in [7, 11) is 0. The van der Waals surface area contributed by atoms with Gasteiger partial charge in [-0.1, -0.05) is 29.8 Å². The first-order valence-electron chi connectivity index (χ1n) is 6.67. The third kappa shape index (κ3) is 4.15. The highest BCUT2D eigenvalue weighted by Gasteiger charge is 2.15. The largest absolute Gasteiger partial charge is 0.381 e. The zero-order valence-corrected chi connectivity index (χ0v) is 10.9. The first-order chi connectivity index (χ1) is 8.74. The fourth-order valence-electron chi connectivity index (χ4n) is 2.27. The molecule has 1 N–H and O–H groups in total. The minimum Gasteiger partial charge on any atom is -0.381 e. The van der Waals surface area contributed by atoms with Crippen LogP contribution in [0.25, 0.3) is 0 Å². The molecule has 98 valence electrons.